The van der Waals surface area contributed by atoms with E-state index in [1.807, 2.05) is 38.2 Å². The summed E-state index contributed by atoms with van der Waals surface area (Å²) in [5, 5.41) is 3.86. The number of carbonyl (C=O) groups is 1. The molecule has 3 aromatic rings. The number of rotatable bonds is 3. The van der Waals surface area contributed by atoms with Crippen molar-refractivity contribution in [3.8, 4) is 0 Å². The zero-order valence-corrected chi connectivity index (χ0v) is 12.4. The van der Waals surface area contributed by atoms with Crippen LogP contribution in [0.5, 0.6) is 0 Å². The Balaban J connectivity index is 1.83. The minimum atomic E-state index is -0.250. The molecule has 0 aliphatic rings. The van der Waals surface area contributed by atoms with Gasteiger partial charge in [0.1, 0.15) is 5.82 Å². The van der Waals surface area contributed by atoms with Gasteiger partial charge in [0.05, 0.1) is 11.6 Å². The maximum Gasteiger partial charge on any atom is 0.251 e. The first-order valence-electron chi connectivity index (χ1n) is 7.07. The molecule has 5 heteroatoms. The molecule has 2 aromatic heterocycles. The molecule has 1 aromatic carbocycles. The molecule has 0 fully saturated rings. The first-order chi connectivity index (χ1) is 10.6. The summed E-state index contributed by atoms with van der Waals surface area (Å²) in [5.74, 6) is 0.442. The van der Waals surface area contributed by atoms with Gasteiger partial charge in [-0.3, -0.25) is 9.78 Å². The number of hydrogen-bond donors (Lipinski definition) is 1. The molecule has 3 rings (SSSR count). The maximum atomic E-state index is 12.4. The smallest absolute Gasteiger partial charge is 0.251 e. The van der Waals surface area contributed by atoms with E-state index in [4.69, 9.17) is 0 Å². The highest BCUT2D eigenvalue weighted by molar-refractivity contribution is 5.98. The van der Waals surface area contributed by atoms with Crippen LogP contribution in [0.1, 0.15) is 34.7 Å². The van der Waals surface area contributed by atoms with Crippen LogP contribution < -0.4 is 5.32 Å². The Morgan fingerprint density at radius 3 is 2.68 bits per heavy atom. The standard InChI is InChI=1S/C17H16N4O/c1-11-8-14-9-13(4-5-15(14)20-10-11)17(22)21-12(2)16-18-6-3-7-19-16/h3-10,12H,1-2H3,(H,21,22)/t12-/m1/s1. The van der Waals surface area contributed by atoms with Crippen molar-refractivity contribution in [2.24, 2.45) is 0 Å². The van der Waals surface area contributed by atoms with Crippen LogP contribution in [0.2, 0.25) is 0 Å². The second kappa shape index (κ2) is 5.89. The zero-order valence-electron chi connectivity index (χ0n) is 12.4. The lowest BCUT2D eigenvalue weighted by atomic mass is 10.1. The molecule has 22 heavy (non-hydrogen) atoms. The van der Waals surface area contributed by atoms with Crippen LogP contribution in [0, 0.1) is 6.92 Å². The molecule has 0 unspecified atom stereocenters. The maximum absolute atomic E-state index is 12.4. The van der Waals surface area contributed by atoms with Crippen molar-refractivity contribution in [2.75, 3.05) is 0 Å². The van der Waals surface area contributed by atoms with E-state index in [0.29, 0.717) is 11.4 Å². The van der Waals surface area contributed by atoms with E-state index in [1.54, 1.807) is 24.5 Å². The average molecular weight is 292 g/mol. The number of amides is 1. The van der Waals surface area contributed by atoms with E-state index in [9.17, 15) is 4.79 Å². The van der Waals surface area contributed by atoms with E-state index in [1.165, 1.54) is 0 Å². The van der Waals surface area contributed by atoms with Crippen LogP contribution in [-0.2, 0) is 0 Å². The number of nitrogens with one attached hydrogen (secondary N) is 1. The highest BCUT2D eigenvalue weighted by Crippen LogP contribution is 2.16. The van der Waals surface area contributed by atoms with Crippen LogP contribution in [0.15, 0.2) is 48.9 Å². The third kappa shape index (κ3) is 2.93. The van der Waals surface area contributed by atoms with Gasteiger partial charge < -0.3 is 5.32 Å². The van der Waals surface area contributed by atoms with Gasteiger partial charge in [-0.15, -0.1) is 0 Å². The second-order valence-corrected chi connectivity index (χ2v) is 5.22. The van der Waals surface area contributed by atoms with Gasteiger partial charge in [0.25, 0.3) is 5.91 Å². The lowest BCUT2D eigenvalue weighted by molar-refractivity contribution is 0.0938. The van der Waals surface area contributed by atoms with E-state index in [0.717, 1.165) is 16.5 Å². The second-order valence-electron chi connectivity index (χ2n) is 5.22. The van der Waals surface area contributed by atoms with Crippen molar-refractivity contribution in [3.05, 3.63) is 65.9 Å². The number of benzene rings is 1. The molecule has 0 saturated heterocycles. The summed E-state index contributed by atoms with van der Waals surface area (Å²) in [4.78, 5) is 25.0. The summed E-state index contributed by atoms with van der Waals surface area (Å²) in [5.41, 5.74) is 2.54. The molecule has 1 atom stereocenters. The van der Waals surface area contributed by atoms with Gasteiger partial charge in [-0.05, 0) is 49.7 Å². The molecule has 0 aliphatic carbocycles. The summed E-state index contributed by atoms with van der Waals surface area (Å²) in [6.45, 7) is 3.84. The number of aryl methyl sites for hydroxylation is 1. The summed E-state index contributed by atoms with van der Waals surface area (Å²) in [6, 6.07) is 8.99. The van der Waals surface area contributed by atoms with Crippen molar-refractivity contribution in [1.82, 2.24) is 20.3 Å². The Morgan fingerprint density at radius 2 is 1.91 bits per heavy atom. The van der Waals surface area contributed by atoms with Crippen molar-refractivity contribution in [3.63, 3.8) is 0 Å². The molecule has 0 aliphatic heterocycles. The molecule has 0 bridgehead atoms. The normalized spacial score (nSPS) is 12.1. The van der Waals surface area contributed by atoms with Crippen LogP contribution in [0.3, 0.4) is 0 Å². The number of carbonyl (C=O) groups excluding carboxylic acids is 1. The molecule has 2 heterocycles. The fourth-order valence-corrected chi connectivity index (χ4v) is 2.26. The van der Waals surface area contributed by atoms with Crippen LogP contribution in [-0.4, -0.2) is 20.9 Å². The molecule has 1 amide bonds. The Kier molecular flexibility index (Phi) is 3.78. The molecule has 0 saturated carbocycles. The van der Waals surface area contributed by atoms with Crippen LogP contribution >= 0.6 is 0 Å². The van der Waals surface area contributed by atoms with Gasteiger partial charge in [-0.1, -0.05) is 0 Å². The lowest BCUT2D eigenvalue weighted by Crippen LogP contribution is -2.27. The van der Waals surface area contributed by atoms with Gasteiger partial charge in [0.15, 0.2) is 0 Å². The highest BCUT2D eigenvalue weighted by Gasteiger charge is 2.13. The third-order valence-corrected chi connectivity index (χ3v) is 3.40. The summed E-state index contributed by atoms with van der Waals surface area (Å²) in [6.07, 6.45) is 5.14. The Bertz CT molecular complexity index is 817. The summed E-state index contributed by atoms with van der Waals surface area (Å²) in [7, 11) is 0. The summed E-state index contributed by atoms with van der Waals surface area (Å²) < 4.78 is 0. The Labute approximate surface area is 128 Å². The van der Waals surface area contributed by atoms with Crippen LogP contribution in [0.25, 0.3) is 10.9 Å². The number of pyridine rings is 1. The first kappa shape index (κ1) is 14.1. The zero-order chi connectivity index (χ0) is 15.5. The van der Waals surface area contributed by atoms with Crippen LogP contribution in [0.4, 0.5) is 0 Å². The molecule has 5 nitrogen and oxygen atoms in total. The topological polar surface area (TPSA) is 67.8 Å². The fraction of sp³-hybridized carbons (Fsp3) is 0.176. The quantitative estimate of drug-likeness (QED) is 0.806. The first-order valence-corrected chi connectivity index (χ1v) is 7.07. The molecule has 110 valence electrons. The van der Waals surface area contributed by atoms with Gasteiger partial charge in [-0.25, -0.2) is 9.97 Å². The number of hydrogen-bond acceptors (Lipinski definition) is 4. The van der Waals surface area contributed by atoms with Crippen molar-refractivity contribution < 1.29 is 4.79 Å². The lowest BCUT2D eigenvalue weighted by Gasteiger charge is -2.12. The van der Waals surface area contributed by atoms with E-state index in [2.05, 4.69) is 20.3 Å². The largest absolute Gasteiger partial charge is 0.342 e. The van der Waals surface area contributed by atoms with Crippen molar-refractivity contribution in [2.45, 2.75) is 19.9 Å². The molecule has 0 radical (unpaired) electrons. The Morgan fingerprint density at radius 1 is 1.14 bits per heavy atom. The molecular formula is C17H16N4O. The minimum absolute atomic E-state index is 0.150. The van der Waals surface area contributed by atoms with Gasteiger partial charge in [-0.2, -0.15) is 0 Å². The predicted octanol–water partition coefficient (Wildman–Crippen LogP) is 2.82. The van der Waals surface area contributed by atoms with Gasteiger partial charge in [0, 0.05) is 29.5 Å². The number of fused-ring (bicyclic) bond motifs is 1. The number of aromatic nitrogens is 3. The monoisotopic (exact) mass is 292 g/mol. The molecule has 1 N–H and O–H groups in total. The average Bonchev–Trinajstić information content (AvgIpc) is 2.54. The third-order valence-electron chi connectivity index (χ3n) is 3.40. The fourth-order valence-electron chi connectivity index (χ4n) is 2.26. The summed E-state index contributed by atoms with van der Waals surface area (Å²) >= 11 is 0. The highest BCUT2D eigenvalue weighted by atomic mass is 16.1. The van der Waals surface area contributed by atoms with E-state index >= 15 is 0 Å². The number of nitrogens with zero attached hydrogens (tertiary/aromatic N) is 3. The Hall–Kier alpha value is -2.82. The molecular weight excluding hydrogens is 276 g/mol. The SMILES string of the molecule is Cc1cnc2ccc(C(=O)N[C@H](C)c3ncccn3)cc2c1. The predicted molar refractivity (Wildman–Crippen MR) is 84.4 cm³/mol. The van der Waals surface area contributed by atoms with Gasteiger partial charge in [0.2, 0.25) is 0 Å². The van der Waals surface area contributed by atoms with Gasteiger partial charge >= 0.3 is 0 Å². The minimum Gasteiger partial charge on any atom is -0.342 e. The van der Waals surface area contributed by atoms with E-state index in [-0.39, 0.29) is 11.9 Å². The van der Waals surface area contributed by atoms with Crippen molar-refractivity contribution >= 4 is 16.8 Å². The van der Waals surface area contributed by atoms with E-state index < -0.39 is 0 Å². The molecule has 0 spiro atoms. The van der Waals surface area contributed by atoms with Crippen molar-refractivity contribution in [1.29, 1.82) is 0 Å².